The molecule has 0 N–H and O–H groups in total. The van der Waals surface area contributed by atoms with Crippen LogP contribution < -0.4 is 0 Å². The summed E-state index contributed by atoms with van der Waals surface area (Å²) in [5, 5.41) is 0. The van der Waals surface area contributed by atoms with Crippen molar-refractivity contribution >= 4 is 21.9 Å². The Bertz CT molecular complexity index is 848. The molecule has 1 aromatic carbocycles. The minimum absolute atomic E-state index is 0.148. The van der Waals surface area contributed by atoms with E-state index in [4.69, 9.17) is 4.74 Å². The van der Waals surface area contributed by atoms with Crippen LogP contribution in [0, 0.1) is 12.3 Å². The number of amides is 1. The second kappa shape index (κ2) is 8.61. The number of likely N-dealkylation sites (tertiary alicyclic amines) is 1. The van der Waals surface area contributed by atoms with Gasteiger partial charge in [0.15, 0.2) is 0 Å². The highest BCUT2D eigenvalue weighted by atomic mass is 32.2. The van der Waals surface area contributed by atoms with Crippen LogP contribution in [0.1, 0.15) is 50.0 Å². The van der Waals surface area contributed by atoms with E-state index in [0.717, 1.165) is 0 Å². The monoisotopic (exact) mass is 410 g/mol. The Morgan fingerprint density at radius 3 is 2.43 bits per heavy atom. The number of sulfonamides is 1. The summed E-state index contributed by atoms with van der Waals surface area (Å²) in [5.74, 6) is -0.581. The van der Waals surface area contributed by atoms with E-state index in [9.17, 15) is 18.0 Å². The molecular weight excluding hydrogens is 380 g/mol. The molecular formula is C20H30N2O5S. The number of hydrogen-bond acceptors (Lipinski definition) is 5. The summed E-state index contributed by atoms with van der Waals surface area (Å²) in [4.78, 5) is 26.9. The average molecular weight is 411 g/mol. The molecule has 28 heavy (non-hydrogen) atoms. The van der Waals surface area contributed by atoms with Crippen LogP contribution in [0.3, 0.4) is 0 Å². The van der Waals surface area contributed by atoms with Gasteiger partial charge in [0.2, 0.25) is 10.0 Å². The largest absolute Gasteiger partial charge is 0.466 e. The number of hydrogen-bond donors (Lipinski definition) is 0. The fourth-order valence-electron chi connectivity index (χ4n) is 3.50. The van der Waals surface area contributed by atoms with E-state index in [2.05, 4.69) is 0 Å². The number of carbonyl (C=O) groups is 2. The van der Waals surface area contributed by atoms with Gasteiger partial charge in [-0.1, -0.05) is 19.9 Å². The quantitative estimate of drug-likeness (QED) is 0.645. The molecule has 8 heteroatoms. The summed E-state index contributed by atoms with van der Waals surface area (Å²) < 4.78 is 32.3. The molecule has 0 radical (unpaired) electrons. The van der Waals surface area contributed by atoms with Gasteiger partial charge in [0, 0.05) is 31.7 Å². The molecule has 0 aromatic heterocycles. The fraction of sp³-hybridized carbons (Fsp3) is 0.600. The summed E-state index contributed by atoms with van der Waals surface area (Å²) in [6, 6.07) is 4.74. The van der Waals surface area contributed by atoms with Crippen molar-refractivity contribution < 1.29 is 22.7 Å². The zero-order chi connectivity index (χ0) is 21.1. The molecule has 1 atom stereocenters. The Hall–Kier alpha value is -1.93. The highest BCUT2D eigenvalue weighted by Crippen LogP contribution is 2.32. The first-order chi connectivity index (χ1) is 13.1. The van der Waals surface area contributed by atoms with E-state index in [1.807, 2.05) is 0 Å². The lowest BCUT2D eigenvalue weighted by Crippen LogP contribution is -2.36. The van der Waals surface area contributed by atoms with Crippen molar-refractivity contribution in [2.45, 2.75) is 45.9 Å². The number of benzene rings is 1. The van der Waals surface area contributed by atoms with Crippen molar-refractivity contribution in [3.8, 4) is 0 Å². The van der Waals surface area contributed by atoms with Crippen molar-refractivity contribution in [2.24, 2.45) is 5.41 Å². The Balaban J connectivity index is 2.30. The maximum atomic E-state index is 13.0. The highest BCUT2D eigenvalue weighted by Gasteiger charge is 2.43. The zero-order valence-corrected chi connectivity index (χ0v) is 18.1. The van der Waals surface area contributed by atoms with Gasteiger partial charge >= 0.3 is 5.97 Å². The van der Waals surface area contributed by atoms with Gasteiger partial charge in [0.05, 0.1) is 16.9 Å². The second-order valence-corrected chi connectivity index (χ2v) is 9.23. The molecule has 7 nitrogen and oxygen atoms in total. The van der Waals surface area contributed by atoms with Gasteiger partial charge in [0.25, 0.3) is 5.91 Å². The maximum Gasteiger partial charge on any atom is 0.313 e. The van der Waals surface area contributed by atoms with Gasteiger partial charge in [-0.3, -0.25) is 9.59 Å². The molecule has 1 heterocycles. The van der Waals surface area contributed by atoms with Crippen molar-refractivity contribution in [1.29, 1.82) is 0 Å². The first-order valence-corrected chi connectivity index (χ1v) is 11.1. The zero-order valence-electron chi connectivity index (χ0n) is 17.3. The van der Waals surface area contributed by atoms with Crippen molar-refractivity contribution in [1.82, 2.24) is 9.21 Å². The molecule has 0 unspecified atom stereocenters. The first-order valence-electron chi connectivity index (χ1n) is 9.68. The van der Waals surface area contributed by atoms with Crippen LogP contribution >= 0.6 is 0 Å². The lowest BCUT2D eigenvalue weighted by atomic mass is 9.90. The first kappa shape index (κ1) is 22.4. The summed E-state index contributed by atoms with van der Waals surface area (Å²) in [6.45, 7) is 10.5. The molecule has 0 saturated carbocycles. The third-order valence-electron chi connectivity index (χ3n) is 5.29. The lowest BCUT2D eigenvalue weighted by molar-refractivity contribution is -0.153. The van der Waals surface area contributed by atoms with Crippen LogP contribution in [0.4, 0.5) is 0 Å². The predicted octanol–water partition coefficient (Wildman–Crippen LogP) is 2.44. The molecule has 0 spiro atoms. The molecule has 0 bridgehead atoms. The smallest absolute Gasteiger partial charge is 0.313 e. The summed E-state index contributed by atoms with van der Waals surface area (Å²) >= 11 is 0. The molecule has 156 valence electrons. The fourth-order valence-corrected chi connectivity index (χ4v) is 5.21. The molecule has 1 aromatic rings. The van der Waals surface area contributed by atoms with Gasteiger partial charge in [0.1, 0.15) is 0 Å². The van der Waals surface area contributed by atoms with E-state index in [1.165, 1.54) is 10.4 Å². The normalized spacial score (nSPS) is 19.9. The Morgan fingerprint density at radius 2 is 1.86 bits per heavy atom. The second-order valence-electron chi connectivity index (χ2n) is 7.33. The molecule has 1 aliphatic rings. The SMILES string of the molecule is CCOC(=O)[C@]1(C)CCN(C(=O)c2ccc(C)c(S(=O)(=O)N(CC)CC)c2)C1. The van der Waals surface area contributed by atoms with Crippen LogP contribution in [0.15, 0.2) is 23.1 Å². The number of nitrogens with zero attached hydrogens (tertiary/aromatic N) is 2. The number of carbonyl (C=O) groups excluding carboxylic acids is 2. The number of esters is 1. The van der Waals surface area contributed by atoms with Gasteiger partial charge in [-0.25, -0.2) is 8.42 Å². The van der Waals surface area contributed by atoms with Crippen LogP contribution in [-0.2, 0) is 19.6 Å². The van der Waals surface area contributed by atoms with E-state index in [-0.39, 0.29) is 23.3 Å². The van der Waals surface area contributed by atoms with Crippen LogP contribution in [-0.4, -0.2) is 62.3 Å². The third kappa shape index (κ3) is 4.22. The van der Waals surface area contributed by atoms with Crippen molar-refractivity contribution in [2.75, 3.05) is 32.8 Å². The Kier molecular flexibility index (Phi) is 6.88. The minimum atomic E-state index is -3.67. The Morgan fingerprint density at radius 1 is 1.21 bits per heavy atom. The van der Waals surface area contributed by atoms with Crippen LogP contribution in [0.2, 0.25) is 0 Å². The molecule has 0 aliphatic carbocycles. The molecule has 1 amide bonds. The molecule has 1 aliphatic heterocycles. The molecule has 2 rings (SSSR count). The van der Waals surface area contributed by atoms with E-state index >= 15 is 0 Å². The highest BCUT2D eigenvalue weighted by molar-refractivity contribution is 7.89. The summed E-state index contributed by atoms with van der Waals surface area (Å²) in [7, 11) is -3.67. The minimum Gasteiger partial charge on any atom is -0.466 e. The summed E-state index contributed by atoms with van der Waals surface area (Å²) in [5.41, 5.74) is 0.178. The summed E-state index contributed by atoms with van der Waals surface area (Å²) in [6.07, 6.45) is 0.522. The topological polar surface area (TPSA) is 84.0 Å². The van der Waals surface area contributed by atoms with Gasteiger partial charge in [-0.05, 0) is 44.9 Å². The average Bonchev–Trinajstić information content (AvgIpc) is 3.06. The third-order valence-corrected chi connectivity index (χ3v) is 7.48. The Labute approximate surface area is 167 Å². The molecule has 1 fully saturated rings. The number of ether oxygens (including phenoxy) is 1. The lowest BCUT2D eigenvalue weighted by Gasteiger charge is -2.23. The number of aryl methyl sites for hydroxylation is 1. The van der Waals surface area contributed by atoms with Crippen LogP contribution in [0.25, 0.3) is 0 Å². The van der Waals surface area contributed by atoms with E-state index in [1.54, 1.807) is 51.7 Å². The number of rotatable bonds is 7. The van der Waals surface area contributed by atoms with Gasteiger partial charge in [-0.15, -0.1) is 0 Å². The standard InChI is InChI=1S/C20H30N2O5S/c1-6-22(7-2)28(25,26)17-13-16(10-9-15(17)4)18(23)21-12-11-20(5,14-21)19(24)27-8-3/h9-10,13H,6-8,11-12,14H2,1-5H3/t20-/m1/s1. The van der Waals surface area contributed by atoms with Crippen molar-refractivity contribution in [3.05, 3.63) is 29.3 Å². The van der Waals surface area contributed by atoms with Gasteiger partial charge in [-0.2, -0.15) is 4.31 Å². The van der Waals surface area contributed by atoms with Gasteiger partial charge < -0.3 is 9.64 Å². The predicted molar refractivity (Wildman–Crippen MR) is 107 cm³/mol. The van der Waals surface area contributed by atoms with Crippen LogP contribution in [0.5, 0.6) is 0 Å². The van der Waals surface area contributed by atoms with E-state index < -0.39 is 15.4 Å². The van der Waals surface area contributed by atoms with E-state index in [0.29, 0.717) is 43.8 Å². The van der Waals surface area contributed by atoms with Crippen molar-refractivity contribution in [3.63, 3.8) is 0 Å². The maximum absolute atomic E-state index is 13.0. The molecule has 1 saturated heterocycles.